The van der Waals surface area contributed by atoms with Crippen LogP contribution in [0.1, 0.15) is 34.1 Å². The lowest BCUT2D eigenvalue weighted by atomic mass is 10.1. The minimum atomic E-state index is -0.189. The molecule has 0 unspecified atom stereocenters. The zero-order valence-corrected chi connectivity index (χ0v) is 8.39. The minimum absolute atomic E-state index is 0.189. The Morgan fingerprint density at radius 2 is 2.08 bits per heavy atom. The molecule has 0 amide bonds. The molecule has 2 nitrogen and oxygen atoms in total. The monoisotopic (exact) mass is 170 g/mol. The van der Waals surface area contributed by atoms with Gasteiger partial charge < -0.3 is 4.74 Å². The van der Waals surface area contributed by atoms with E-state index in [1.165, 1.54) is 0 Å². The van der Waals surface area contributed by atoms with Crippen molar-refractivity contribution in [1.82, 2.24) is 0 Å². The van der Waals surface area contributed by atoms with Crippen LogP contribution in [0.25, 0.3) is 0 Å². The average Bonchev–Trinajstić information content (AvgIpc) is 1.98. The fourth-order valence-electron chi connectivity index (χ4n) is 0.877. The Balaban J connectivity index is 3.92. The predicted octanol–water partition coefficient (Wildman–Crippen LogP) is 2.54. The normalized spacial score (nSPS) is 11.9. The lowest BCUT2D eigenvalue weighted by Gasteiger charge is -2.03. The summed E-state index contributed by atoms with van der Waals surface area (Å²) in [4.78, 5) is 11.1. The molecule has 0 saturated heterocycles. The number of rotatable bonds is 4. The topological polar surface area (TPSA) is 26.3 Å². The van der Waals surface area contributed by atoms with E-state index in [2.05, 4.69) is 0 Å². The van der Waals surface area contributed by atoms with Gasteiger partial charge in [-0.2, -0.15) is 0 Å². The van der Waals surface area contributed by atoms with Gasteiger partial charge in [0.1, 0.15) is 0 Å². The van der Waals surface area contributed by atoms with E-state index in [0.717, 1.165) is 6.42 Å². The first-order valence-corrected chi connectivity index (χ1v) is 4.43. The van der Waals surface area contributed by atoms with Crippen LogP contribution in [-0.4, -0.2) is 12.6 Å². The SMILES string of the molecule is CCCOC(=O)/C(C)=C/C(C)C. The molecular weight excluding hydrogens is 152 g/mol. The zero-order chi connectivity index (χ0) is 9.56. The van der Waals surface area contributed by atoms with Gasteiger partial charge in [-0.3, -0.25) is 0 Å². The lowest BCUT2D eigenvalue weighted by molar-refractivity contribution is -0.139. The van der Waals surface area contributed by atoms with Crippen LogP contribution in [0.3, 0.4) is 0 Å². The molecule has 0 N–H and O–H groups in total. The van der Waals surface area contributed by atoms with E-state index in [4.69, 9.17) is 4.74 Å². The fourth-order valence-corrected chi connectivity index (χ4v) is 0.877. The van der Waals surface area contributed by atoms with Crippen molar-refractivity contribution in [1.29, 1.82) is 0 Å². The molecule has 12 heavy (non-hydrogen) atoms. The summed E-state index contributed by atoms with van der Waals surface area (Å²) in [5.41, 5.74) is 0.707. The van der Waals surface area contributed by atoms with E-state index >= 15 is 0 Å². The number of esters is 1. The molecule has 0 atom stereocenters. The van der Waals surface area contributed by atoms with E-state index in [9.17, 15) is 4.79 Å². The molecular formula is C10H18O2. The Morgan fingerprint density at radius 1 is 1.50 bits per heavy atom. The van der Waals surface area contributed by atoms with Gasteiger partial charge in [0.15, 0.2) is 0 Å². The Kier molecular flexibility index (Phi) is 5.43. The van der Waals surface area contributed by atoms with Gasteiger partial charge in [0, 0.05) is 5.57 Å². The number of ether oxygens (including phenoxy) is 1. The molecule has 0 aromatic heterocycles. The second-order valence-electron chi connectivity index (χ2n) is 3.23. The standard InChI is InChI=1S/C10H18O2/c1-5-6-12-10(11)9(4)7-8(2)3/h7-8H,5-6H2,1-4H3/b9-7+. The smallest absolute Gasteiger partial charge is 0.333 e. The lowest BCUT2D eigenvalue weighted by Crippen LogP contribution is -2.07. The maximum Gasteiger partial charge on any atom is 0.333 e. The van der Waals surface area contributed by atoms with Gasteiger partial charge >= 0.3 is 5.97 Å². The van der Waals surface area contributed by atoms with Crippen molar-refractivity contribution in [3.63, 3.8) is 0 Å². The highest BCUT2D eigenvalue weighted by molar-refractivity contribution is 5.87. The van der Waals surface area contributed by atoms with E-state index < -0.39 is 0 Å². The molecule has 0 aliphatic carbocycles. The quantitative estimate of drug-likeness (QED) is 0.478. The molecule has 0 aliphatic heterocycles. The summed E-state index contributed by atoms with van der Waals surface area (Å²) >= 11 is 0. The maximum absolute atomic E-state index is 11.1. The molecule has 0 heterocycles. The predicted molar refractivity (Wildman–Crippen MR) is 49.8 cm³/mol. The molecule has 70 valence electrons. The number of carbonyl (C=O) groups is 1. The summed E-state index contributed by atoms with van der Waals surface area (Å²) in [6, 6.07) is 0. The second kappa shape index (κ2) is 5.81. The van der Waals surface area contributed by atoms with Gasteiger partial charge in [-0.25, -0.2) is 4.79 Å². The summed E-state index contributed by atoms with van der Waals surface area (Å²) in [6.45, 7) is 8.36. The molecule has 0 saturated carbocycles. The summed E-state index contributed by atoms with van der Waals surface area (Å²) in [7, 11) is 0. The molecule has 0 aliphatic rings. The molecule has 0 aromatic carbocycles. The number of hydrogen-bond donors (Lipinski definition) is 0. The average molecular weight is 170 g/mol. The van der Waals surface area contributed by atoms with Crippen molar-refractivity contribution < 1.29 is 9.53 Å². The van der Waals surface area contributed by atoms with Crippen molar-refractivity contribution in [3.05, 3.63) is 11.6 Å². The first-order chi connectivity index (χ1) is 5.57. The van der Waals surface area contributed by atoms with Crippen molar-refractivity contribution >= 4 is 5.97 Å². The molecule has 2 heteroatoms. The molecule has 0 aromatic rings. The third-order valence-corrected chi connectivity index (χ3v) is 1.34. The largest absolute Gasteiger partial charge is 0.462 e. The van der Waals surface area contributed by atoms with Crippen LogP contribution >= 0.6 is 0 Å². The minimum Gasteiger partial charge on any atom is -0.462 e. The molecule has 0 rings (SSSR count). The highest BCUT2D eigenvalue weighted by atomic mass is 16.5. The second-order valence-corrected chi connectivity index (χ2v) is 3.23. The van der Waals surface area contributed by atoms with Crippen LogP contribution in [0.2, 0.25) is 0 Å². The van der Waals surface area contributed by atoms with Crippen molar-refractivity contribution in [2.24, 2.45) is 5.92 Å². The number of hydrogen-bond acceptors (Lipinski definition) is 2. The summed E-state index contributed by atoms with van der Waals surface area (Å²) in [6.07, 6.45) is 2.79. The van der Waals surface area contributed by atoms with E-state index in [0.29, 0.717) is 18.1 Å². The fraction of sp³-hybridized carbons (Fsp3) is 0.700. The van der Waals surface area contributed by atoms with Crippen LogP contribution in [0, 0.1) is 5.92 Å². The number of carbonyl (C=O) groups excluding carboxylic acids is 1. The van der Waals surface area contributed by atoms with E-state index in [1.54, 1.807) is 6.92 Å². The number of allylic oxidation sites excluding steroid dienone is 1. The van der Waals surface area contributed by atoms with Crippen molar-refractivity contribution in [2.45, 2.75) is 34.1 Å². The van der Waals surface area contributed by atoms with Gasteiger partial charge in [0.05, 0.1) is 6.61 Å². The Labute approximate surface area is 74.6 Å². The highest BCUT2D eigenvalue weighted by Crippen LogP contribution is 2.03. The Morgan fingerprint density at radius 3 is 2.50 bits per heavy atom. The molecule has 0 radical (unpaired) electrons. The Bertz CT molecular complexity index is 169. The maximum atomic E-state index is 11.1. The molecule has 0 fully saturated rings. The van der Waals surface area contributed by atoms with Crippen molar-refractivity contribution in [2.75, 3.05) is 6.61 Å². The molecule has 0 spiro atoms. The van der Waals surface area contributed by atoms with Gasteiger partial charge in [-0.15, -0.1) is 0 Å². The summed E-state index contributed by atoms with van der Waals surface area (Å²) < 4.78 is 4.95. The van der Waals surface area contributed by atoms with Gasteiger partial charge in [0.25, 0.3) is 0 Å². The van der Waals surface area contributed by atoms with E-state index in [1.807, 2.05) is 26.8 Å². The third kappa shape index (κ3) is 4.94. The van der Waals surface area contributed by atoms with Crippen LogP contribution in [0.5, 0.6) is 0 Å². The summed E-state index contributed by atoms with van der Waals surface area (Å²) in [5.74, 6) is 0.213. The van der Waals surface area contributed by atoms with Crippen LogP contribution in [0.15, 0.2) is 11.6 Å². The van der Waals surface area contributed by atoms with Crippen LogP contribution in [0.4, 0.5) is 0 Å². The van der Waals surface area contributed by atoms with Gasteiger partial charge in [-0.05, 0) is 19.3 Å². The van der Waals surface area contributed by atoms with Gasteiger partial charge in [0.2, 0.25) is 0 Å². The van der Waals surface area contributed by atoms with E-state index in [-0.39, 0.29) is 5.97 Å². The third-order valence-electron chi connectivity index (χ3n) is 1.34. The molecule has 0 bridgehead atoms. The van der Waals surface area contributed by atoms with Crippen molar-refractivity contribution in [3.8, 4) is 0 Å². The van der Waals surface area contributed by atoms with Gasteiger partial charge in [-0.1, -0.05) is 26.8 Å². The zero-order valence-electron chi connectivity index (χ0n) is 8.39. The summed E-state index contributed by atoms with van der Waals surface area (Å²) in [5, 5.41) is 0. The Hall–Kier alpha value is -0.790. The first kappa shape index (κ1) is 11.2. The first-order valence-electron chi connectivity index (χ1n) is 4.43. The highest BCUT2D eigenvalue weighted by Gasteiger charge is 2.04. The van der Waals surface area contributed by atoms with Crippen LogP contribution in [-0.2, 0) is 9.53 Å². The van der Waals surface area contributed by atoms with Crippen LogP contribution < -0.4 is 0 Å².